The van der Waals surface area contributed by atoms with Crippen molar-refractivity contribution in [1.29, 1.82) is 5.26 Å². The van der Waals surface area contributed by atoms with Gasteiger partial charge in [0.25, 0.3) is 0 Å². The van der Waals surface area contributed by atoms with E-state index in [-0.39, 0.29) is 0 Å². The van der Waals surface area contributed by atoms with E-state index in [2.05, 4.69) is 6.07 Å². The molecule has 0 radical (unpaired) electrons. The third-order valence-corrected chi connectivity index (χ3v) is 1.88. The molecular weight excluding hydrogens is 160 g/mol. The van der Waals surface area contributed by atoms with E-state index in [0.29, 0.717) is 17.7 Å². The summed E-state index contributed by atoms with van der Waals surface area (Å²) in [6, 6.07) is 11.6. The van der Waals surface area contributed by atoms with Gasteiger partial charge in [-0.15, -0.1) is 0 Å². The largest absolute Gasteiger partial charge is 0.401 e. The van der Waals surface area contributed by atoms with Crippen molar-refractivity contribution in [2.24, 2.45) is 5.73 Å². The molecule has 0 bridgehead atoms. The molecule has 1 aromatic rings. The Morgan fingerprint density at radius 3 is 2.46 bits per heavy atom. The summed E-state index contributed by atoms with van der Waals surface area (Å²) in [6.45, 7) is 1.94. The van der Waals surface area contributed by atoms with E-state index in [1.807, 2.05) is 37.3 Å². The van der Waals surface area contributed by atoms with Crippen LogP contribution in [0.3, 0.4) is 0 Å². The van der Waals surface area contributed by atoms with Crippen LogP contribution in [0.25, 0.3) is 5.57 Å². The lowest BCUT2D eigenvalue weighted by Crippen LogP contribution is -1.99. The molecule has 0 atom stereocenters. The molecule has 0 saturated heterocycles. The predicted molar refractivity (Wildman–Crippen MR) is 53.5 cm³/mol. The van der Waals surface area contributed by atoms with Crippen LogP contribution in [0.5, 0.6) is 0 Å². The number of nitrogens with two attached hydrogens (primary N) is 1. The van der Waals surface area contributed by atoms with Crippen molar-refractivity contribution in [2.75, 3.05) is 0 Å². The Kier molecular flexibility index (Phi) is 3.10. The molecule has 1 aromatic carbocycles. The lowest BCUT2D eigenvalue weighted by Gasteiger charge is -2.02. The Labute approximate surface area is 78.3 Å². The van der Waals surface area contributed by atoms with Crippen molar-refractivity contribution in [3.05, 3.63) is 41.6 Å². The summed E-state index contributed by atoms with van der Waals surface area (Å²) in [7, 11) is 0. The van der Waals surface area contributed by atoms with E-state index in [9.17, 15) is 0 Å². The fourth-order valence-electron chi connectivity index (χ4n) is 1.10. The highest BCUT2D eigenvalue weighted by Crippen LogP contribution is 2.16. The third-order valence-electron chi connectivity index (χ3n) is 1.88. The number of rotatable bonds is 2. The molecule has 66 valence electrons. The van der Waals surface area contributed by atoms with Crippen LogP contribution in [-0.2, 0) is 0 Å². The lowest BCUT2D eigenvalue weighted by atomic mass is 10.0. The van der Waals surface area contributed by atoms with Gasteiger partial charge in [-0.05, 0) is 12.0 Å². The highest BCUT2D eigenvalue weighted by molar-refractivity contribution is 5.78. The molecule has 0 aromatic heterocycles. The van der Waals surface area contributed by atoms with Gasteiger partial charge in [0.15, 0.2) is 0 Å². The Morgan fingerprint density at radius 1 is 1.38 bits per heavy atom. The Bertz CT molecular complexity index is 344. The molecular formula is C11H12N2. The fourth-order valence-corrected chi connectivity index (χ4v) is 1.10. The van der Waals surface area contributed by atoms with Crippen LogP contribution in [0, 0.1) is 11.3 Å². The van der Waals surface area contributed by atoms with E-state index in [4.69, 9.17) is 11.0 Å². The van der Waals surface area contributed by atoms with Crippen LogP contribution < -0.4 is 5.73 Å². The smallest absolute Gasteiger partial charge is 0.102 e. The van der Waals surface area contributed by atoms with Gasteiger partial charge >= 0.3 is 0 Å². The number of nitrogens with zero attached hydrogens (tertiary/aromatic N) is 1. The number of allylic oxidation sites excluding steroid dienone is 2. The topological polar surface area (TPSA) is 49.8 Å². The molecule has 2 N–H and O–H groups in total. The fraction of sp³-hybridized carbons (Fsp3) is 0.182. The Morgan fingerprint density at radius 2 is 2.00 bits per heavy atom. The van der Waals surface area contributed by atoms with Crippen LogP contribution in [0.2, 0.25) is 0 Å². The second-order valence-corrected chi connectivity index (χ2v) is 2.73. The van der Waals surface area contributed by atoms with Gasteiger partial charge in [0.1, 0.15) is 6.07 Å². The maximum atomic E-state index is 8.89. The van der Waals surface area contributed by atoms with Gasteiger partial charge in [-0.25, -0.2) is 0 Å². The Hall–Kier alpha value is -1.75. The van der Waals surface area contributed by atoms with E-state index in [0.717, 1.165) is 5.56 Å². The second kappa shape index (κ2) is 4.32. The first-order chi connectivity index (χ1) is 6.29. The molecule has 13 heavy (non-hydrogen) atoms. The minimum Gasteiger partial charge on any atom is -0.401 e. The monoisotopic (exact) mass is 172 g/mol. The van der Waals surface area contributed by atoms with Crippen molar-refractivity contribution < 1.29 is 0 Å². The lowest BCUT2D eigenvalue weighted by molar-refractivity contribution is 1.07. The minimum absolute atomic E-state index is 0.586. The summed E-state index contributed by atoms with van der Waals surface area (Å²) in [5.41, 5.74) is 7.84. The zero-order valence-corrected chi connectivity index (χ0v) is 7.62. The van der Waals surface area contributed by atoms with E-state index in [1.165, 1.54) is 0 Å². The van der Waals surface area contributed by atoms with Crippen molar-refractivity contribution in [3.8, 4) is 6.07 Å². The molecule has 0 unspecified atom stereocenters. The standard InChI is InChI=1S/C11H12N2/c1-2-11(13)10(8-12)9-6-4-3-5-7-9/h3-7H,2,13H2,1H3. The molecule has 0 aliphatic carbocycles. The first-order valence-corrected chi connectivity index (χ1v) is 4.23. The van der Waals surface area contributed by atoms with Gasteiger partial charge in [0, 0.05) is 5.70 Å². The first kappa shape index (κ1) is 9.34. The molecule has 0 saturated carbocycles. The molecule has 2 heteroatoms. The van der Waals surface area contributed by atoms with Gasteiger partial charge in [-0.2, -0.15) is 5.26 Å². The van der Waals surface area contributed by atoms with Gasteiger partial charge in [0.05, 0.1) is 5.57 Å². The summed E-state index contributed by atoms with van der Waals surface area (Å²) in [5.74, 6) is 0. The van der Waals surface area contributed by atoms with Crippen molar-refractivity contribution >= 4 is 5.57 Å². The maximum absolute atomic E-state index is 8.89. The maximum Gasteiger partial charge on any atom is 0.102 e. The van der Waals surface area contributed by atoms with Crippen LogP contribution in [-0.4, -0.2) is 0 Å². The molecule has 0 heterocycles. The van der Waals surface area contributed by atoms with Crippen LogP contribution in [0.15, 0.2) is 36.0 Å². The molecule has 1 rings (SSSR count). The summed E-state index contributed by atoms with van der Waals surface area (Å²) >= 11 is 0. The van der Waals surface area contributed by atoms with Crippen LogP contribution in [0.4, 0.5) is 0 Å². The normalized spacial score (nSPS) is 11.7. The Balaban J connectivity index is 3.15. The third kappa shape index (κ3) is 2.09. The molecule has 0 fully saturated rings. The minimum atomic E-state index is 0.586. The van der Waals surface area contributed by atoms with Crippen LogP contribution >= 0.6 is 0 Å². The van der Waals surface area contributed by atoms with Gasteiger partial charge < -0.3 is 5.73 Å². The average Bonchev–Trinajstić information content (AvgIpc) is 2.20. The zero-order valence-electron chi connectivity index (χ0n) is 7.62. The highest BCUT2D eigenvalue weighted by Gasteiger charge is 2.02. The molecule has 0 amide bonds. The quantitative estimate of drug-likeness (QED) is 0.696. The molecule has 0 spiro atoms. The van der Waals surface area contributed by atoms with Gasteiger partial charge in [-0.3, -0.25) is 0 Å². The molecule has 0 aliphatic heterocycles. The summed E-state index contributed by atoms with van der Waals surface area (Å²) in [4.78, 5) is 0. The second-order valence-electron chi connectivity index (χ2n) is 2.73. The van der Waals surface area contributed by atoms with E-state index >= 15 is 0 Å². The predicted octanol–water partition coefficient (Wildman–Crippen LogP) is 2.29. The van der Waals surface area contributed by atoms with Crippen molar-refractivity contribution in [2.45, 2.75) is 13.3 Å². The molecule has 2 nitrogen and oxygen atoms in total. The van der Waals surface area contributed by atoms with Crippen molar-refractivity contribution in [1.82, 2.24) is 0 Å². The zero-order chi connectivity index (χ0) is 9.68. The SMILES string of the molecule is CCC(N)=C(C#N)c1ccccc1. The summed E-state index contributed by atoms with van der Waals surface area (Å²) < 4.78 is 0. The average molecular weight is 172 g/mol. The molecule has 0 aliphatic rings. The van der Waals surface area contributed by atoms with Gasteiger partial charge in [-0.1, -0.05) is 37.3 Å². The highest BCUT2D eigenvalue weighted by atomic mass is 14.6. The van der Waals surface area contributed by atoms with E-state index in [1.54, 1.807) is 0 Å². The number of hydrogen-bond acceptors (Lipinski definition) is 2. The first-order valence-electron chi connectivity index (χ1n) is 4.23. The van der Waals surface area contributed by atoms with Crippen LogP contribution in [0.1, 0.15) is 18.9 Å². The number of benzene rings is 1. The van der Waals surface area contributed by atoms with Gasteiger partial charge in [0.2, 0.25) is 0 Å². The summed E-state index contributed by atoms with van der Waals surface area (Å²) in [5, 5.41) is 8.89. The summed E-state index contributed by atoms with van der Waals surface area (Å²) in [6.07, 6.45) is 0.706. The van der Waals surface area contributed by atoms with Crippen molar-refractivity contribution in [3.63, 3.8) is 0 Å². The number of hydrogen-bond donors (Lipinski definition) is 1. The van der Waals surface area contributed by atoms with E-state index < -0.39 is 0 Å². The number of nitriles is 1.